The smallest absolute Gasteiger partial charge is 0.534 e. The van der Waals surface area contributed by atoms with Gasteiger partial charge in [-0.05, 0) is 6.92 Å². The van der Waals surface area contributed by atoms with Crippen LogP contribution in [0.2, 0.25) is 0 Å². The number of rotatable bonds is 2. The number of hydrogen-bond donors (Lipinski definition) is 0. The summed E-state index contributed by atoms with van der Waals surface area (Å²) in [5.41, 5.74) is 1.20. The lowest BCUT2D eigenvalue weighted by Crippen LogP contribution is -2.36. The minimum absolute atomic E-state index is 0.444. The van der Waals surface area contributed by atoms with E-state index in [0.717, 1.165) is 10.2 Å². The first kappa shape index (κ1) is 10.1. The molecule has 1 aromatic heterocycles. The lowest BCUT2D eigenvalue weighted by molar-refractivity contribution is -0.712. The summed E-state index contributed by atoms with van der Waals surface area (Å²) in [5.74, 6) is -1.76. The molecule has 1 heterocycles. The zero-order chi connectivity index (χ0) is 11.7. The Bertz CT molecular complexity index is 549. The van der Waals surface area contributed by atoms with Gasteiger partial charge in [0.1, 0.15) is 4.92 Å². The molecule has 82 valence electrons. The van der Waals surface area contributed by atoms with Crippen LogP contribution < -0.4 is 9.79 Å². The van der Waals surface area contributed by atoms with Crippen LogP contribution in [0.4, 0.5) is 5.82 Å². The van der Waals surface area contributed by atoms with Gasteiger partial charge in [0, 0.05) is 16.3 Å². The Morgan fingerprint density at radius 2 is 2.12 bits per heavy atom. The van der Waals surface area contributed by atoms with Crippen LogP contribution in [0.15, 0.2) is 28.8 Å². The average molecular weight is 221 g/mol. The molecule has 7 nitrogen and oxygen atoms in total. The molecule has 0 N–H and O–H groups in total. The van der Waals surface area contributed by atoms with Crippen molar-refractivity contribution in [2.75, 3.05) is 0 Å². The van der Waals surface area contributed by atoms with Crippen molar-refractivity contribution in [3.8, 4) is 11.6 Å². The van der Waals surface area contributed by atoms with Crippen LogP contribution in [-0.4, -0.2) is 10.2 Å². The van der Waals surface area contributed by atoms with Gasteiger partial charge in [-0.25, -0.2) is 0 Å². The summed E-state index contributed by atoms with van der Waals surface area (Å²) in [4.78, 5) is 9.86. The lowest BCUT2D eigenvalue weighted by Gasteiger charge is -1.93. The first-order chi connectivity index (χ1) is 7.61. The molecule has 0 aliphatic heterocycles. The topological polar surface area (TPSA) is 96.1 Å². The van der Waals surface area contributed by atoms with Crippen molar-refractivity contribution in [1.82, 2.24) is 5.27 Å². The highest BCUT2D eigenvalue weighted by Gasteiger charge is 2.32. The molecule has 1 aromatic carbocycles. The number of aryl methyl sites for hydroxylation is 1. The van der Waals surface area contributed by atoms with Crippen molar-refractivity contribution < 1.29 is 19.2 Å². The minimum atomic E-state index is -1.06. The van der Waals surface area contributed by atoms with Crippen LogP contribution in [0, 0.1) is 17.0 Å². The van der Waals surface area contributed by atoms with Gasteiger partial charge in [-0.15, -0.1) is 0 Å². The monoisotopic (exact) mass is 221 g/mol. The maximum atomic E-state index is 11.1. The molecule has 0 spiro atoms. The van der Waals surface area contributed by atoms with E-state index < -0.39 is 16.7 Å². The van der Waals surface area contributed by atoms with Gasteiger partial charge in [0.15, 0.2) is 0 Å². The first-order valence-corrected chi connectivity index (χ1v) is 4.40. The Morgan fingerprint density at radius 3 is 2.75 bits per heavy atom. The summed E-state index contributed by atoms with van der Waals surface area (Å²) in [6.07, 6.45) is 0. The fourth-order valence-electron chi connectivity index (χ4n) is 1.35. The molecular weight excluding hydrogens is 214 g/mol. The Morgan fingerprint density at radius 1 is 1.44 bits per heavy atom. The van der Waals surface area contributed by atoms with E-state index >= 15 is 0 Å². The second-order valence-electron chi connectivity index (χ2n) is 3.14. The summed E-state index contributed by atoms with van der Waals surface area (Å²) in [5, 5.41) is 25.1. The van der Waals surface area contributed by atoms with Crippen molar-refractivity contribution in [2.24, 2.45) is 0 Å². The van der Waals surface area contributed by atoms with Gasteiger partial charge in [-0.2, -0.15) is 0 Å². The molecule has 0 unspecified atom stereocenters. The molecule has 0 aliphatic carbocycles. The number of benzene rings is 1. The summed E-state index contributed by atoms with van der Waals surface area (Å²) >= 11 is 0. The summed E-state index contributed by atoms with van der Waals surface area (Å²) in [6.45, 7) is 1.76. The Kier molecular flexibility index (Phi) is 2.28. The van der Waals surface area contributed by atoms with Gasteiger partial charge < -0.3 is 9.63 Å². The molecule has 0 radical (unpaired) electrons. The molecule has 0 bridgehead atoms. The average Bonchev–Trinajstić information content (AvgIpc) is 2.61. The molecule has 0 saturated carbocycles. The minimum Gasteiger partial charge on any atom is -0.534 e. The Labute approximate surface area is 89.7 Å². The number of para-hydroxylation sites is 1. The van der Waals surface area contributed by atoms with E-state index in [2.05, 4.69) is 9.79 Å². The van der Waals surface area contributed by atoms with E-state index in [0.29, 0.717) is 5.69 Å². The van der Waals surface area contributed by atoms with E-state index in [1.807, 2.05) is 0 Å². The standard InChI is InChI=1S/C9H7N3O4/c1-6-4-2-3-5-7(6)11-8(12(14)15)9(13)16-10-11/h2-5H,1H3. The third-order valence-corrected chi connectivity index (χ3v) is 2.11. The van der Waals surface area contributed by atoms with Crippen molar-refractivity contribution in [3.05, 3.63) is 39.9 Å². The zero-order valence-corrected chi connectivity index (χ0v) is 8.28. The number of nitro groups is 1. The maximum Gasteiger partial charge on any atom is 0.557 e. The van der Waals surface area contributed by atoms with E-state index in [9.17, 15) is 15.2 Å². The first-order valence-electron chi connectivity index (χ1n) is 4.40. The van der Waals surface area contributed by atoms with E-state index in [1.54, 1.807) is 31.2 Å². The van der Waals surface area contributed by atoms with Crippen molar-refractivity contribution in [3.63, 3.8) is 0 Å². The van der Waals surface area contributed by atoms with Gasteiger partial charge in [0.25, 0.3) is 0 Å². The lowest BCUT2D eigenvalue weighted by atomic mass is 10.2. The fraction of sp³-hybridized carbons (Fsp3) is 0.111. The van der Waals surface area contributed by atoms with Crippen LogP contribution in [0.5, 0.6) is 5.95 Å². The number of hydrogen-bond acceptors (Lipinski definition) is 5. The van der Waals surface area contributed by atoms with Crippen LogP contribution in [0.3, 0.4) is 0 Å². The largest absolute Gasteiger partial charge is 0.557 e. The fourth-order valence-corrected chi connectivity index (χ4v) is 1.35. The Hall–Kier alpha value is -2.44. The van der Waals surface area contributed by atoms with Crippen LogP contribution in [0.1, 0.15) is 5.56 Å². The highest BCUT2D eigenvalue weighted by molar-refractivity contribution is 5.34. The number of aromatic nitrogens is 2. The summed E-state index contributed by atoms with van der Waals surface area (Å²) < 4.78 is 5.17. The van der Waals surface area contributed by atoms with Gasteiger partial charge in [0.05, 0.1) is 5.27 Å². The van der Waals surface area contributed by atoms with Crippen LogP contribution in [0.25, 0.3) is 5.69 Å². The van der Waals surface area contributed by atoms with E-state index in [1.165, 1.54) is 0 Å². The normalized spacial score (nSPS) is 10.3. The zero-order valence-electron chi connectivity index (χ0n) is 8.28. The molecule has 0 atom stereocenters. The predicted octanol–water partition coefficient (Wildman–Crippen LogP) is 0.242. The van der Waals surface area contributed by atoms with Crippen LogP contribution >= 0.6 is 0 Å². The van der Waals surface area contributed by atoms with Gasteiger partial charge in [-0.3, -0.25) is 10.1 Å². The van der Waals surface area contributed by atoms with Crippen molar-refractivity contribution in [1.29, 1.82) is 0 Å². The Balaban J connectivity index is 2.66. The molecule has 2 aromatic rings. The van der Waals surface area contributed by atoms with E-state index in [-0.39, 0.29) is 0 Å². The molecule has 0 amide bonds. The molecular formula is C9H7N3O4. The predicted molar refractivity (Wildman–Crippen MR) is 48.9 cm³/mol. The quantitative estimate of drug-likeness (QED) is 0.411. The molecule has 2 rings (SSSR count). The van der Waals surface area contributed by atoms with Crippen molar-refractivity contribution in [2.45, 2.75) is 6.92 Å². The molecule has 7 heteroatoms. The third kappa shape index (κ3) is 1.48. The molecule has 16 heavy (non-hydrogen) atoms. The highest BCUT2D eigenvalue weighted by atomic mass is 16.6. The summed E-state index contributed by atoms with van der Waals surface area (Å²) in [6, 6.07) is 6.84. The highest BCUT2D eigenvalue weighted by Crippen LogP contribution is 2.19. The summed E-state index contributed by atoms with van der Waals surface area (Å²) in [7, 11) is 0. The van der Waals surface area contributed by atoms with E-state index in [4.69, 9.17) is 0 Å². The molecule has 0 saturated heterocycles. The second-order valence-corrected chi connectivity index (χ2v) is 3.14. The SMILES string of the molecule is Cc1ccccc1-[n+]1noc([O-])c1[N+](=O)[O-]. The number of nitrogens with zero attached hydrogens (tertiary/aromatic N) is 3. The van der Waals surface area contributed by atoms with Gasteiger partial charge in [-0.1, -0.05) is 18.2 Å². The van der Waals surface area contributed by atoms with Gasteiger partial charge >= 0.3 is 5.82 Å². The van der Waals surface area contributed by atoms with Gasteiger partial charge in [0.2, 0.25) is 11.6 Å². The van der Waals surface area contributed by atoms with Crippen LogP contribution in [-0.2, 0) is 0 Å². The van der Waals surface area contributed by atoms with Crippen molar-refractivity contribution >= 4 is 5.82 Å². The maximum absolute atomic E-state index is 11.1. The molecule has 0 fully saturated rings. The molecule has 0 aliphatic rings. The third-order valence-electron chi connectivity index (χ3n) is 2.11. The second kappa shape index (κ2) is 3.61.